The highest BCUT2D eigenvalue weighted by atomic mass is 17.4. The van der Waals surface area contributed by atoms with Crippen molar-refractivity contribution in [2.45, 2.75) is 79.4 Å². The van der Waals surface area contributed by atoms with Gasteiger partial charge in [-0.2, -0.15) is 9.78 Å². The number of unbranched alkanes of at least 4 members (excludes halogenated alkanes) is 2. The summed E-state index contributed by atoms with van der Waals surface area (Å²) in [6.07, 6.45) is 6.92. The van der Waals surface area contributed by atoms with Gasteiger partial charge in [0.2, 0.25) is 6.29 Å². The maximum atomic E-state index is 5.01. The first kappa shape index (κ1) is 15.5. The third-order valence-electron chi connectivity index (χ3n) is 3.60. The van der Waals surface area contributed by atoms with E-state index in [0.717, 1.165) is 12.8 Å². The highest BCUT2D eigenvalue weighted by molar-refractivity contribution is 5.17. The van der Waals surface area contributed by atoms with E-state index in [1.807, 2.05) is 0 Å². The zero-order valence-corrected chi connectivity index (χ0v) is 12.6. The van der Waals surface area contributed by atoms with E-state index >= 15 is 0 Å². The second-order valence-corrected chi connectivity index (χ2v) is 6.28. The molecule has 2 heteroatoms. The zero-order chi connectivity index (χ0) is 13.6. The van der Waals surface area contributed by atoms with Gasteiger partial charge < -0.3 is 0 Å². The van der Waals surface area contributed by atoms with E-state index in [4.69, 9.17) is 9.78 Å². The van der Waals surface area contributed by atoms with Crippen LogP contribution in [0.2, 0.25) is 0 Å². The molecule has 0 saturated carbocycles. The average molecular weight is 252 g/mol. The van der Waals surface area contributed by atoms with E-state index in [1.165, 1.54) is 25.7 Å². The Morgan fingerprint density at radius 1 is 0.889 bits per heavy atom. The zero-order valence-electron chi connectivity index (χ0n) is 12.6. The first-order valence-electron chi connectivity index (χ1n) is 7.30. The minimum atomic E-state index is -0.139. The Labute approximate surface area is 112 Å². The fourth-order valence-corrected chi connectivity index (χ4v) is 2.02. The van der Waals surface area contributed by atoms with Crippen LogP contribution < -0.4 is 0 Å². The quantitative estimate of drug-likeness (QED) is 0.373. The molecule has 2 nitrogen and oxygen atoms in total. The molecule has 0 bridgehead atoms. The molecule has 1 rings (SSSR count). The number of rotatable bonds is 7. The van der Waals surface area contributed by atoms with E-state index in [9.17, 15) is 0 Å². The molecule has 0 amide bonds. The van der Waals surface area contributed by atoms with Crippen molar-refractivity contribution in [2.24, 2.45) is 10.8 Å². The minimum absolute atomic E-state index is 0.0956. The fraction of sp³-hybridized carbons (Fsp3) is 0.875. The van der Waals surface area contributed by atoms with Crippen LogP contribution in [0.15, 0.2) is 0 Å². The van der Waals surface area contributed by atoms with Gasteiger partial charge in [0.15, 0.2) is 0 Å². The molecule has 104 valence electrons. The van der Waals surface area contributed by atoms with E-state index in [1.54, 1.807) is 0 Å². The van der Waals surface area contributed by atoms with Crippen LogP contribution in [0.3, 0.4) is 0 Å². The lowest BCUT2D eigenvalue weighted by atomic mass is 9.82. The molecule has 1 aliphatic heterocycles. The van der Waals surface area contributed by atoms with E-state index in [2.05, 4.69) is 46.5 Å². The summed E-state index contributed by atoms with van der Waals surface area (Å²) < 4.78 is 0. The van der Waals surface area contributed by atoms with Crippen molar-refractivity contribution < 1.29 is 9.78 Å². The second-order valence-electron chi connectivity index (χ2n) is 6.28. The van der Waals surface area contributed by atoms with Crippen LogP contribution in [-0.4, -0.2) is 6.29 Å². The maximum Gasteiger partial charge on any atom is 0.240 e. The predicted octanol–water partition coefficient (Wildman–Crippen LogP) is 4.69. The number of hydrogen-bond donors (Lipinski definition) is 0. The topological polar surface area (TPSA) is 25.1 Å². The molecule has 0 aromatic carbocycles. The molecule has 1 saturated heterocycles. The molecule has 1 heterocycles. The summed E-state index contributed by atoms with van der Waals surface area (Å²) in [5.74, 6) is 6.90. The molecular weight excluding hydrogens is 224 g/mol. The third-order valence-corrected chi connectivity index (χ3v) is 3.60. The largest absolute Gasteiger partial charge is 0.240 e. The van der Waals surface area contributed by atoms with E-state index in [-0.39, 0.29) is 17.1 Å². The molecule has 1 aliphatic rings. The SMILES string of the molecule is CCCCC(C)(C)C#CC(C)(CCCC)C1OO1. The van der Waals surface area contributed by atoms with Crippen LogP contribution in [-0.2, 0) is 9.78 Å². The van der Waals surface area contributed by atoms with Crippen LogP contribution >= 0.6 is 0 Å². The van der Waals surface area contributed by atoms with Gasteiger partial charge in [-0.25, -0.2) is 0 Å². The maximum absolute atomic E-state index is 5.01. The summed E-state index contributed by atoms with van der Waals surface area (Å²) in [5.41, 5.74) is -0.0438. The standard InChI is InChI=1S/C16H28O2/c1-6-8-10-15(3,4)12-13-16(5,11-9-7-2)14-17-18-14/h14H,6-11H2,1-5H3. The summed E-state index contributed by atoms with van der Waals surface area (Å²) in [7, 11) is 0. The van der Waals surface area contributed by atoms with Crippen molar-refractivity contribution in [1.29, 1.82) is 0 Å². The van der Waals surface area contributed by atoms with Crippen molar-refractivity contribution in [3.63, 3.8) is 0 Å². The normalized spacial score (nSPS) is 18.9. The Morgan fingerprint density at radius 2 is 1.44 bits per heavy atom. The Hall–Kier alpha value is -0.520. The smallest absolute Gasteiger partial charge is 0.197 e. The van der Waals surface area contributed by atoms with Gasteiger partial charge in [-0.1, -0.05) is 51.4 Å². The monoisotopic (exact) mass is 252 g/mol. The molecule has 0 aliphatic carbocycles. The van der Waals surface area contributed by atoms with Crippen molar-refractivity contribution in [2.75, 3.05) is 0 Å². The highest BCUT2D eigenvalue weighted by Gasteiger charge is 2.45. The average Bonchev–Trinajstić information content (AvgIpc) is 3.16. The van der Waals surface area contributed by atoms with Gasteiger partial charge in [0.05, 0.1) is 5.41 Å². The Morgan fingerprint density at radius 3 is 1.94 bits per heavy atom. The Bertz CT molecular complexity index is 307. The van der Waals surface area contributed by atoms with Crippen molar-refractivity contribution in [1.82, 2.24) is 0 Å². The first-order chi connectivity index (χ1) is 8.43. The van der Waals surface area contributed by atoms with E-state index < -0.39 is 0 Å². The van der Waals surface area contributed by atoms with Crippen LogP contribution in [0.25, 0.3) is 0 Å². The molecular formula is C16H28O2. The molecule has 0 radical (unpaired) electrons. The lowest BCUT2D eigenvalue weighted by molar-refractivity contribution is 0.0850. The van der Waals surface area contributed by atoms with Gasteiger partial charge in [0.1, 0.15) is 0 Å². The lowest BCUT2D eigenvalue weighted by Crippen LogP contribution is -2.22. The minimum Gasteiger partial charge on any atom is -0.197 e. The fourth-order valence-electron chi connectivity index (χ4n) is 2.02. The van der Waals surface area contributed by atoms with Crippen molar-refractivity contribution >= 4 is 0 Å². The summed E-state index contributed by atoms with van der Waals surface area (Å²) in [5, 5.41) is 0. The summed E-state index contributed by atoms with van der Waals surface area (Å²) in [6, 6.07) is 0. The lowest BCUT2D eigenvalue weighted by Gasteiger charge is -2.21. The van der Waals surface area contributed by atoms with Crippen LogP contribution in [0.4, 0.5) is 0 Å². The van der Waals surface area contributed by atoms with Gasteiger partial charge >= 0.3 is 0 Å². The highest BCUT2D eigenvalue weighted by Crippen LogP contribution is 2.38. The van der Waals surface area contributed by atoms with Gasteiger partial charge in [0, 0.05) is 5.41 Å². The molecule has 0 aromatic heterocycles. The van der Waals surface area contributed by atoms with Crippen LogP contribution in [0, 0.1) is 22.7 Å². The molecule has 18 heavy (non-hydrogen) atoms. The predicted molar refractivity (Wildman–Crippen MR) is 74.7 cm³/mol. The molecule has 0 N–H and O–H groups in total. The Balaban J connectivity index is 2.65. The van der Waals surface area contributed by atoms with Crippen molar-refractivity contribution in [3.8, 4) is 11.8 Å². The number of hydrogen-bond acceptors (Lipinski definition) is 2. The molecule has 1 fully saturated rings. The van der Waals surface area contributed by atoms with Gasteiger partial charge in [-0.05, 0) is 33.6 Å². The summed E-state index contributed by atoms with van der Waals surface area (Å²) in [6.45, 7) is 11.0. The second kappa shape index (κ2) is 6.59. The van der Waals surface area contributed by atoms with Crippen LogP contribution in [0.5, 0.6) is 0 Å². The van der Waals surface area contributed by atoms with Gasteiger partial charge in [-0.15, -0.1) is 0 Å². The van der Waals surface area contributed by atoms with Gasteiger partial charge in [0.25, 0.3) is 0 Å². The molecule has 1 unspecified atom stereocenters. The Kier molecular flexibility index (Phi) is 5.69. The molecule has 1 atom stereocenters. The molecule has 0 spiro atoms. The van der Waals surface area contributed by atoms with Gasteiger partial charge in [-0.3, -0.25) is 0 Å². The summed E-state index contributed by atoms with van der Waals surface area (Å²) >= 11 is 0. The van der Waals surface area contributed by atoms with E-state index in [0.29, 0.717) is 0 Å². The van der Waals surface area contributed by atoms with Crippen molar-refractivity contribution in [3.05, 3.63) is 0 Å². The third kappa shape index (κ3) is 5.00. The summed E-state index contributed by atoms with van der Waals surface area (Å²) in [4.78, 5) is 10.0. The first-order valence-corrected chi connectivity index (χ1v) is 7.30. The molecule has 0 aromatic rings. The van der Waals surface area contributed by atoms with Crippen LogP contribution in [0.1, 0.15) is 73.1 Å².